The molecule has 1 aromatic carbocycles. The summed E-state index contributed by atoms with van der Waals surface area (Å²) < 4.78 is 64.5. The van der Waals surface area contributed by atoms with Crippen molar-refractivity contribution < 1.29 is 26.4 Å². The molecule has 2 aromatic rings. The molecule has 0 spiro atoms. The SMILES string of the molecule is O=C(CCCc1cccs1)N1CCN(S(=O)(=O)c2ccc(C(F)(F)F)cc2)CC1. The highest BCUT2D eigenvalue weighted by Crippen LogP contribution is 2.30. The minimum Gasteiger partial charge on any atom is -0.340 e. The summed E-state index contributed by atoms with van der Waals surface area (Å²) >= 11 is 1.65. The van der Waals surface area contributed by atoms with Gasteiger partial charge in [0.1, 0.15) is 0 Å². The van der Waals surface area contributed by atoms with Crippen LogP contribution in [0.4, 0.5) is 13.2 Å². The van der Waals surface area contributed by atoms with E-state index in [1.54, 1.807) is 16.2 Å². The monoisotopic (exact) mass is 446 g/mol. The number of halogens is 3. The van der Waals surface area contributed by atoms with Gasteiger partial charge in [0.25, 0.3) is 0 Å². The van der Waals surface area contributed by atoms with Crippen molar-refractivity contribution in [1.82, 2.24) is 9.21 Å². The summed E-state index contributed by atoms with van der Waals surface area (Å²) in [4.78, 5) is 15.0. The third-order valence-corrected chi connectivity index (χ3v) is 7.65. The van der Waals surface area contributed by atoms with Crippen molar-refractivity contribution in [1.29, 1.82) is 0 Å². The fraction of sp³-hybridized carbons (Fsp3) is 0.421. The molecule has 0 unspecified atom stereocenters. The Morgan fingerprint density at radius 1 is 1.03 bits per heavy atom. The lowest BCUT2D eigenvalue weighted by Gasteiger charge is -2.34. The van der Waals surface area contributed by atoms with E-state index in [4.69, 9.17) is 0 Å². The van der Waals surface area contributed by atoms with Crippen LogP contribution in [0.1, 0.15) is 23.3 Å². The molecule has 1 amide bonds. The van der Waals surface area contributed by atoms with Gasteiger partial charge in [0.05, 0.1) is 10.5 Å². The summed E-state index contributed by atoms with van der Waals surface area (Å²) in [5.74, 6) is -0.00636. The van der Waals surface area contributed by atoms with Crippen LogP contribution in [-0.4, -0.2) is 49.7 Å². The summed E-state index contributed by atoms with van der Waals surface area (Å²) in [6, 6.07) is 7.47. The van der Waals surface area contributed by atoms with Crippen molar-refractivity contribution in [3.8, 4) is 0 Å². The van der Waals surface area contributed by atoms with E-state index in [1.807, 2.05) is 17.5 Å². The number of amides is 1. The molecule has 158 valence electrons. The summed E-state index contributed by atoms with van der Waals surface area (Å²) in [5, 5.41) is 1.99. The molecular formula is C19H21F3N2O3S2. The Morgan fingerprint density at radius 3 is 2.24 bits per heavy atom. The molecule has 1 aliphatic heterocycles. The second kappa shape index (κ2) is 8.85. The summed E-state index contributed by atoms with van der Waals surface area (Å²) in [7, 11) is -3.89. The predicted molar refractivity (Wildman–Crippen MR) is 104 cm³/mol. The van der Waals surface area contributed by atoms with E-state index >= 15 is 0 Å². The Balaban J connectivity index is 1.53. The van der Waals surface area contributed by atoms with Gasteiger partial charge in [0.15, 0.2) is 0 Å². The maximum absolute atomic E-state index is 12.7. The highest BCUT2D eigenvalue weighted by Gasteiger charge is 2.33. The Morgan fingerprint density at radius 2 is 1.69 bits per heavy atom. The van der Waals surface area contributed by atoms with Crippen LogP contribution in [0.25, 0.3) is 0 Å². The van der Waals surface area contributed by atoms with E-state index in [-0.39, 0.29) is 37.0 Å². The molecule has 1 fully saturated rings. The number of rotatable bonds is 6. The molecule has 1 aliphatic rings. The van der Waals surface area contributed by atoms with Gasteiger partial charge in [-0.05, 0) is 48.6 Å². The molecule has 0 N–H and O–H groups in total. The van der Waals surface area contributed by atoms with E-state index in [0.717, 1.165) is 37.1 Å². The van der Waals surface area contributed by atoms with Crippen molar-refractivity contribution >= 4 is 27.3 Å². The van der Waals surface area contributed by atoms with Crippen LogP contribution in [0.2, 0.25) is 0 Å². The standard InChI is InChI=1S/C19H21F3N2O3S2/c20-19(21,22)15-6-8-17(9-7-15)29(26,27)24-12-10-23(11-13-24)18(25)5-1-3-16-4-2-14-28-16/h2,4,6-9,14H,1,3,5,10-13H2. The maximum Gasteiger partial charge on any atom is 0.416 e. The number of sulfonamides is 1. The van der Waals surface area contributed by atoms with Gasteiger partial charge in [-0.15, -0.1) is 11.3 Å². The summed E-state index contributed by atoms with van der Waals surface area (Å²) in [5.41, 5.74) is -0.894. The number of carbonyl (C=O) groups is 1. The highest BCUT2D eigenvalue weighted by atomic mass is 32.2. The number of alkyl halides is 3. The fourth-order valence-electron chi connectivity index (χ4n) is 3.17. The lowest BCUT2D eigenvalue weighted by molar-refractivity contribution is -0.137. The lowest BCUT2D eigenvalue weighted by atomic mass is 10.2. The van der Waals surface area contributed by atoms with E-state index in [9.17, 15) is 26.4 Å². The average Bonchev–Trinajstić information content (AvgIpc) is 3.21. The minimum absolute atomic E-state index is 0.00636. The van der Waals surface area contributed by atoms with Crippen LogP contribution >= 0.6 is 11.3 Å². The van der Waals surface area contributed by atoms with Crippen LogP contribution in [0.5, 0.6) is 0 Å². The van der Waals surface area contributed by atoms with Crippen molar-refractivity contribution in [3.63, 3.8) is 0 Å². The zero-order chi connectivity index (χ0) is 21.1. The molecule has 29 heavy (non-hydrogen) atoms. The molecule has 0 atom stereocenters. The van der Waals surface area contributed by atoms with Gasteiger partial charge in [-0.25, -0.2) is 8.42 Å². The molecule has 10 heteroatoms. The molecule has 2 heterocycles. The Hall–Kier alpha value is -1.91. The van der Waals surface area contributed by atoms with Gasteiger partial charge in [-0.2, -0.15) is 17.5 Å². The summed E-state index contributed by atoms with van der Waals surface area (Å²) in [6.07, 6.45) is -2.53. The van der Waals surface area contributed by atoms with Crippen molar-refractivity contribution in [2.75, 3.05) is 26.2 Å². The van der Waals surface area contributed by atoms with Crippen LogP contribution in [-0.2, 0) is 27.4 Å². The molecule has 0 radical (unpaired) electrons. The van der Waals surface area contributed by atoms with Gasteiger partial charge in [0, 0.05) is 37.5 Å². The zero-order valence-electron chi connectivity index (χ0n) is 15.6. The third-order valence-electron chi connectivity index (χ3n) is 4.80. The van der Waals surface area contributed by atoms with Gasteiger partial charge >= 0.3 is 6.18 Å². The first-order chi connectivity index (χ1) is 13.7. The topological polar surface area (TPSA) is 57.7 Å². The predicted octanol–water partition coefficient (Wildman–Crippen LogP) is 3.62. The van der Waals surface area contributed by atoms with Crippen molar-refractivity contribution in [2.24, 2.45) is 0 Å². The molecular weight excluding hydrogens is 425 g/mol. The number of hydrogen-bond acceptors (Lipinski definition) is 4. The normalized spacial score (nSPS) is 16.2. The number of carbonyl (C=O) groups excluding carboxylic acids is 1. The second-order valence-corrected chi connectivity index (χ2v) is 9.71. The smallest absolute Gasteiger partial charge is 0.340 e. The van der Waals surface area contributed by atoms with Crippen LogP contribution in [0.15, 0.2) is 46.7 Å². The number of aryl methyl sites for hydroxylation is 1. The third kappa shape index (κ3) is 5.37. The minimum atomic E-state index is -4.52. The van der Waals surface area contributed by atoms with Gasteiger partial charge in [0.2, 0.25) is 15.9 Å². The Kier molecular flexibility index (Phi) is 6.65. The largest absolute Gasteiger partial charge is 0.416 e. The van der Waals surface area contributed by atoms with E-state index in [0.29, 0.717) is 6.42 Å². The second-order valence-electron chi connectivity index (χ2n) is 6.74. The van der Waals surface area contributed by atoms with Gasteiger partial charge in [-0.3, -0.25) is 4.79 Å². The lowest BCUT2D eigenvalue weighted by Crippen LogP contribution is -2.50. The first kappa shape index (κ1) is 21.8. The van der Waals surface area contributed by atoms with Gasteiger partial charge in [-0.1, -0.05) is 6.07 Å². The number of nitrogens with zero attached hydrogens (tertiary/aromatic N) is 2. The summed E-state index contributed by atoms with van der Waals surface area (Å²) in [6.45, 7) is 0.801. The van der Waals surface area contributed by atoms with E-state index in [2.05, 4.69) is 0 Å². The molecule has 3 rings (SSSR count). The molecule has 5 nitrogen and oxygen atoms in total. The maximum atomic E-state index is 12.7. The Bertz CT molecular complexity index is 919. The average molecular weight is 447 g/mol. The van der Waals surface area contributed by atoms with Gasteiger partial charge < -0.3 is 4.90 Å². The number of hydrogen-bond donors (Lipinski definition) is 0. The van der Waals surface area contributed by atoms with Crippen LogP contribution < -0.4 is 0 Å². The number of thiophene rings is 1. The fourth-order valence-corrected chi connectivity index (χ4v) is 5.34. The van der Waals surface area contributed by atoms with E-state index in [1.165, 1.54) is 9.18 Å². The molecule has 0 aliphatic carbocycles. The molecule has 0 bridgehead atoms. The quantitative estimate of drug-likeness (QED) is 0.681. The van der Waals surface area contributed by atoms with Crippen LogP contribution in [0, 0.1) is 0 Å². The zero-order valence-corrected chi connectivity index (χ0v) is 17.2. The Labute approximate surface area is 171 Å². The first-order valence-corrected chi connectivity index (χ1v) is 11.5. The highest BCUT2D eigenvalue weighted by molar-refractivity contribution is 7.89. The van der Waals surface area contributed by atoms with Crippen molar-refractivity contribution in [2.45, 2.75) is 30.3 Å². The number of benzene rings is 1. The number of piperazine rings is 1. The first-order valence-electron chi connectivity index (χ1n) is 9.15. The molecule has 0 saturated carbocycles. The van der Waals surface area contributed by atoms with Crippen LogP contribution in [0.3, 0.4) is 0 Å². The van der Waals surface area contributed by atoms with E-state index < -0.39 is 21.8 Å². The molecule has 1 aromatic heterocycles. The molecule has 1 saturated heterocycles. The van der Waals surface area contributed by atoms with Crippen molar-refractivity contribution in [3.05, 3.63) is 52.2 Å².